The molecule has 2 aromatic rings. The zero-order valence-electron chi connectivity index (χ0n) is 11.6. The van der Waals surface area contributed by atoms with Crippen LogP contribution in [-0.4, -0.2) is 9.78 Å². The highest BCUT2D eigenvalue weighted by atomic mass is 19.4. The van der Waals surface area contributed by atoms with Crippen LogP contribution in [0.4, 0.5) is 32.2 Å². The summed E-state index contributed by atoms with van der Waals surface area (Å²) in [6.07, 6.45) is -10.3. The predicted molar refractivity (Wildman–Crippen MR) is 69.7 cm³/mol. The first-order valence-corrected chi connectivity index (χ1v) is 6.26. The Morgan fingerprint density at radius 3 is 2.04 bits per heavy atom. The number of H-pyrrole nitrogens is 1. The lowest BCUT2D eigenvalue weighted by atomic mass is 9.99. The first kappa shape index (κ1) is 17.0. The zero-order valence-corrected chi connectivity index (χ0v) is 11.6. The van der Waals surface area contributed by atoms with Crippen LogP contribution in [0.5, 0.6) is 0 Å². The molecule has 0 amide bonds. The van der Waals surface area contributed by atoms with Crippen molar-refractivity contribution >= 4 is 5.82 Å². The van der Waals surface area contributed by atoms with Crippen molar-refractivity contribution in [3.05, 3.63) is 51.3 Å². The monoisotopic (exact) mass is 339 g/mol. The molecule has 0 aliphatic heterocycles. The van der Waals surface area contributed by atoms with Gasteiger partial charge >= 0.3 is 12.4 Å². The Kier molecular flexibility index (Phi) is 3.95. The first-order chi connectivity index (χ1) is 10.4. The second-order valence-corrected chi connectivity index (χ2v) is 4.90. The summed E-state index contributed by atoms with van der Waals surface area (Å²) in [6.45, 7) is 1.36. The van der Waals surface area contributed by atoms with E-state index in [2.05, 4.69) is 5.10 Å². The van der Waals surface area contributed by atoms with E-state index >= 15 is 0 Å². The number of anilines is 1. The fraction of sp³-hybridized carbons (Fsp3) is 0.308. The molecule has 0 saturated carbocycles. The average Bonchev–Trinajstić information content (AvgIpc) is 2.74. The number of aromatic amines is 1. The molecule has 126 valence electrons. The van der Waals surface area contributed by atoms with E-state index in [-0.39, 0.29) is 11.4 Å². The molecule has 2 rings (SSSR count). The number of halogens is 6. The smallest absolute Gasteiger partial charge is 0.384 e. The molecule has 0 saturated heterocycles. The molecule has 0 bridgehead atoms. The van der Waals surface area contributed by atoms with Crippen LogP contribution < -0.4 is 11.3 Å². The summed E-state index contributed by atoms with van der Waals surface area (Å²) >= 11 is 0. The molecule has 4 nitrogen and oxygen atoms in total. The minimum atomic E-state index is -5.18. The molecule has 0 aliphatic carbocycles. The summed E-state index contributed by atoms with van der Waals surface area (Å²) in [4.78, 5) is 11.6. The molecule has 0 fully saturated rings. The second-order valence-electron chi connectivity index (χ2n) is 4.90. The molecule has 1 atom stereocenters. The minimum absolute atomic E-state index is 0.00944. The Labute approximate surface area is 125 Å². The van der Waals surface area contributed by atoms with Gasteiger partial charge in [0.05, 0.1) is 17.2 Å². The number of hydrogen-bond acceptors (Lipinski definition) is 2. The normalized spacial score (nSPS) is 14.0. The maximum absolute atomic E-state index is 12.9. The maximum atomic E-state index is 12.9. The van der Waals surface area contributed by atoms with E-state index in [0.717, 1.165) is 16.8 Å². The van der Waals surface area contributed by atoms with Gasteiger partial charge in [-0.25, -0.2) is 4.68 Å². The van der Waals surface area contributed by atoms with Crippen molar-refractivity contribution in [2.45, 2.75) is 25.3 Å². The van der Waals surface area contributed by atoms with Gasteiger partial charge in [-0.15, -0.1) is 0 Å². The number of nitrogen functional groups attached to an aromatic ring is 1. The average molecular weight is 339 g/mol. The molecule has 1 unspecified atom stereocenters. The number of rotatable bonds is 2. The highest BCUT2D eigenvalue weighted by Crippen LogP contribution is 2.41. The molecule has 3 N–H and O–H groups in total. The van der Waals surface area contributed by atoms with Crippen molar-refractivity contribution < 1.29 is 26.3 Å². The van der Waals surface area contributed by atoms with E-state index in [9.17, 15) is 31.1 Å². The van der Waals surface area contributed by atoms with Crippen LogP contribution in [0.15, 0.2) is 29.1 Å². The number of benzene rings is 1. The van der Waals surface area contributed by atoms with E-state index in [1.54, 1.807) is 0 Å². The number of aromatic nitrogens is 2. The Hall–Kier alpha value is -2.39. The molecule has 0 aliphatic rings. The van der Waals surface area contributed by atoms with Crippen LogP contribution in [0.25, 0.3) is 0 Å². The molecule has 1 aromatic heterocycles. The van der Waals surface area contributed by atoms with Gasteiger partial charge in [0.25, 0.3) is 5.56 Å². The van der Waals surface area contributed by atoms with E-state index in [1.165, 1.54) is 6.92 Å². The molecule has 1 heterocycles. The number of nitrogens with zero attached hydrogens (tertiary/aromatic N) is 1. The van der Waals surface area contributed by atoms with Gasteiger partial charge in [-0.3, -0.25) is 9.89 Å². The maximum Gasteiger partial charge on any atom is 0.417 e. The summed E-state index contributed by atoms with van der Waals surface area (Å²) in [5.74, 6) is -0.00944. The van der Waals surface area contributed by atoms with Gasteiger partial charge in [0.2, 0.25) is 0 Å². The van der Waals surface area contributed by atoms with E-state index in [4.69, 9.17) is 5.73 Å². The van der Waals surface area contributed by atoms with E-state index in [1.807, 2.05) is 0 Å². The number of hydrogen-bond donors (Lipinski definition) is 2. The predicted octanol–water partition coefficient (Wildman–Crippen LogP) is 3.41. The van der Waals surface area contributed by atoms with Crippen LogP contribution in [0.2, 0.25) is 0 Å². The SMILES string of the molecule is CC(c1ccc(C(F)(F)F)c(C(F)(F)F)c1)n1[nH]c(N)cc1=O. The zero-order chi connectivity index (χ0) is 17.6. The molecular weight excluding hydrogens is 328 g/mol. The van der Waals surface area contributed by atoms with Gasteiger partial charge in [0, 0.05) is 6.07 Å². The van der Waals surface area contributed by atoms with Crippen LogP contribution in [0.3, 0.4) is 0 Å². The van der Waals surface area contributed by atoms with Crippen LogP contribution in [0, 0.1) is 0 Å². The first-order valence-electron chi connectivity index (χ1n) is 6.26. The molecular formula is C13H11F6N3O. The minimum Gasteiger partial charge on any atom is -0.384 e. The van der Waals surface area contributed by atoms with Gasteiger partial charge < -0.3 is 5.73 Å². The van der Waals surface area contributed by atoms with Gasteiger partial charge in [0.15, 0.2) is 0 Å². The number of alkyl halides is 6. The van der Waals surface area contributed by atoms with E-state index < -0.39 is 35.1 Å². The van der Waals surface area contributed by atoms with Gasteiger partial charge in [0.1, 0.15) is 5.82 Å². The van der Waals surface area contributed by atoms with Crippen molar-refractivity contribution in [2.24, 2.45) is 0 Å². The van der Waals surface area contributed by atoms with E-state index in [0.29, 0.717) is 12.1 Å². The summed E-state index contributed by atoms with van der Waals surface area (Å²) in [5.41, 5.74) is 1.06. The van der Waals surface area contributed by atoms with Gasteiger partial charge in [-0.1, -0.05) is 6.07 Å². The quantitative estimate of drug-likeness (QED) is 0.824. The van der Waals surface area contributed by atoms with Gasteiger partial charge in [-0.2, -0.15) is 26.3 Å². The van der Waals surface area contributed by atoms with Gasteiger partial charge in [-0.05, 0) is 24.6 Å². The highest BCUT2D eigenvalue weighted by Gasteiger charge is 2.43. The molecule has 0 spiro atoms. The second kappa shape index (κ2) is 5.36. The Bertz CT molecular complexity index is 771. The van der Waals surface area contributed by atoms with Crippen LogP contribution >= 0.6 is 0 Å². The fourth-order valence-corrected chi connectivity index (χ4v) is 2.17. The van der Waals surface area contributed by atoms with Crippen molar-refractivity contribution in [1.82, 2.24) is 9.78 Å². The third-order valence-electron chi connectivity index (χ3n) is 3.29. The highest BCUT2D eigenvalue weighted by molar-refractivity contribution is 5.37. The van der Waals surface area contributed by atoms with Crippen molar-refractivity contribution in [3.63, 3.8) is 0 Å². The lowest BCUT2D eigenvalue weighted by molar-refractivity contribution is -0.162. The van der Waals surface area contributed by atoms with Crippen LogP contribution in [0.1, 0.15) is 29.7 Å². The fourth-order valence-electron chi connectivity index (χ4n) is 2.17. The Morgan fingerprint density at radius 1 is 1.04 bits per heavy atom. The largest absolute Gasteiger partial charge is 0.417 e. The van der Waals surface area contributed by atoms with Crippen molar-refractivity contribution in [2.75, 3.05) is 5.73 Å². The Morgan fingerprint density at radius 2 is 1.61 bits per heavy atom. The lowest BCUT2D eigenvalue weighted by Gasteiger charge is -2.19. The molecule has 1 aromatic carbocycles. The summed E-state index contributed by atoms with van der Waals surface area (Å²) < 4.78 is 77.8. The Balaban J connectivity index is 2.58. The third kappa shape index (κ3) is 3.35. The summed E-state index contributed by atoms with van der Waals surface area (Å²) in [6, 6.07) is 1.70. The summed E-state index contributed by atoms with van der Waals surface area (Å²) in [5, 5.41) is 2.42. The van der Waals surface area contributed by atoms with Crippen LogP contribution in [-0.2, 0) is 12.4 Å². The molecule has 10 heteroatoms. The van der Waals surface area contributed by atoms with Crippen molar-refractivity contribution in [1.29, 1.82) is 0 Å². The standard InChI is InChI=1S/C13H11F6N3O/c1-6(22-11(23)5-10(20)21-22)7-2-3-8(12(14,15)16)9(4-7)13(17,18)19/h2-6,21H,20H2,1H3. The number of nitrogens with two attached hydrogens (primary N) is 1. The van der Waals surface area contributed by atoms with Crippen molar-refractivity contribution in [3.8, 4) is 0 Å². The topological polar surface area (TPSA) is 63.8 Å². The molecule has 0 radical (unpaired) electrons. The molecule has 23 heavy (non-hydrogen) atoms. The third-order valence-corrected chi connectivity index (χ3v) is 3.29. The lowest BCUT2D eigenvalue weighted by Crippen LogP contribution is -2.22. The summed E-state index contributed by atoms with van der Waals surface area (Å²) in [7, 11) is 0. The number of nitrogens with one attached hydrogen (secondary N) is 1.